The number of allylic oxidation sites excluding steroid dienone is 3. The Morgan fingerprint density at radius 2 is 1.91 bits per heavy atom. The fourth-order valence-corrected chi connectivity index (χ4v) is 0.967. The fourth-order valence-electron chi connectivity index (χ4n) is 0.967. The van der Waals surface area contributed by atoms with E-state index in [1.807, 2.05) is 13.0 Å². The van der Waals surface area contributed by atoms with Crippen LogP contribution < -0.4 is 0 Å². The maximum atomic E-state index is 3.90. The summed E-state index contributed by atoms with van der Waals surface area (Å²) in [5, 5.41) is 0. The molecular formula is C11H18. The zero-order valence-electron chi connectivity index (χ0n) is 7.69. The quantitative estimate of drug-likeness (QED) is 0.524. The summed E-state index contributed by atoms with van der Waals surface area (Å²) >= 11 is 0. The maximum absolute atomic E-state index is 3.90. The van der Waals surface area contributed by atoms with E-state index < -0.39 is 0 Å². The first-order chi connectivity index (χ1) is 5.07. The standard InChI is InChI=1S/C11H18/c1-6-11(10(4)5)8-7-9(2)3/h6,11H,1-2,4,7-8H2,3,5H3. The van der Waals surface area contributed by atoms with Gasteiger partial charge < -0.3 is 0 Å². The molecule has 0 heteroatoms. The van der Waals surface area contributed by atoms with Gasteiger partial charge in [-0.25, -0.2) is 0 Å². The predicted octanol–water partition coefficient (Wildman–Crippen LogP) is 3.72. The van der Waals surface area contributed by atoms with E-state index in [0.717, 1.165) is 12.8 Å². The van der Waals surface area contributed by atoms with Crippen LogP contribution in [0.3, 0.4) is 0 Å². The van der Waals surface area contributed by atoms with Gasteiger partial charge in [0.1, 0.15) is 0 Å². The molecule has 0 bridgehead atoms. The minimum atomic E-state index is 0.465. The molecule has 1 atom stereocenters. The Morgan fingerprint density at radius 1 is 1.36 bits per heavy atom. The first kappa shape index (κ1) is 10.2. The second kappa shape index (κ2) is 4.95. The van der Waals surface area contributed by atoms with E-state index in [1.54, 1.807) is 0 Å². The molecule has 0 fully saturated rings. The van der Waals surface area contributed by atoms with Gasteiger partial charge in [-0.3, -0.25) is 0 Å². The van der Waals surface area contributed by atoms with E-state index in [0.29, 0.717) is 5.92 Å². The van der Waals surface area contributed by atoms with Crippen LogP contribution in [0, 0.1) is 5.92 Å². The fraction of sp³-hybridized carbons (Fsp3) is 0.455. The van der Waals surface area contributed by atoms with Crippen molar-refractivity contribution in [2.75, 3.05) is 0 Å². The van der Waals surface area contributed by atoms with Crippen LogP contribution in [0.5, 0.6) is 0 Å². The van der Waals surface area contributed by atoms with Gasteiger partial charge in [0.25, 0.3) is 0 Å². The number of hydrogen-bond acceptors (Lipinski definition) is 0. The van der Waals surface area contributed by atoms with Crippen molar-refractivity contribution in [1.29, 1.82) is 0 Å². The van der Waals surface area contributed by atoms with Gasteiger partial charge in [-0.15, -0.1) is 13.2 Å². The molecule has 0 radical (unpaired) electrons. The second-order valence-corrected chi connectivity index (χ2v) is 3.18. The summed E-state index contributed by atoms with van der Waals surface area (Å²) in [6.07, 6.45) is 4.14. The first-order valence-corrected chi connectivity index (χ1v) is 4.00. The van der Waals surface area contributed by atoms with E-state index in [9.17, 15) is 0 Å². The lowest BCUT2D eigenvalue weighted by Gasteiger charge is -2.11. The van der Waals surface area contributed by atoms with Crippen LogP contribution in [0.2, 0.25) is 0 Å². The summed E-state index contributed by atoms with van der Waals surface area (Å²) in [6, 6.07) is 0. The highest BCUT2D eigenvalue weighted by molar-refractivity contribution is 5.05. The summed E-state index contributed by atoms with van der Waals surface area (Å²) in [5.74, 6) is 0.465. The molecule has 1 unspecified atom stereocenters. The van der Waals surface area contributed by atoms with Crippen LogP contribution in [0.25, 0.3) is 0 Å². The topological polar surface area (TPSA) is 0 Å². The Balaban J connectivity index is 3.79. The summed E-state index contributed by atoms with van der Waals surface area (Å²) in [7, 11) is 0. The monoisotopic (exact) mass is 150 g/mol. The SMILES string of the molecule is C=CC(CCC(=C)C)C(=C)C. The van der Waals surface area contributed by atoms with E-state index in [-0.39, 0.29) is 0 Å². The van der Waals surface area contributed by atoms with Gasteiger partial charge in [-0.1, -0.05) is 23.8 Å². The van der Waals surface area contributed by atoms with E-state index in [2.05, 4.69) is 26.7 Å². The molecule has 0 aliphatic rings. The van der Waals surface area contributed by atoms with Crippen molar-refractivity contribution in [3.05, 3.63) is 37.0 Å². The molecule has 0 nitrogen and oxygen atoms in total. The third kappa shape index (κ3) is 4.60. The molecule has 0 aromatic carbocycles. The van der Waals surface area contributed by atoms with Crippen LogP contribution >= 0.6 is 0 Å². The van der Waals surface area contributed by atoms with Gasteiger partial charge in [0, 0.05) is 0 Å². The molecule has 0 aromatic rings. The lowest BCUT2D eigenvalue weighted by molar-refractivity contribution is 0.673. The molecule has 0 saturated heterocycles. The molecule has 0 aromatic heterocycles. The number of hydrogen-bond donors (Lipinski definition) is 0. The van der Waals surface area contributed by atoms with Crippen LogP contribution in [0.4, 0.5) is 0 Å². The third-order valence-electron chi connectivity index (χ3n) is 1.80. The molecule has 0 aliphatic heterocycles. The lowest BCUT2D eigenvalue weighted by atomic mass is 9.95. The van der Waals surface area contributed by atoms with E-state index in [1.165, 1.54) is 11.1 Å². The summed E-state index contributed by atoms with van der Waals surface area (Å²) in [5.41, 5.74) is 2.43. The Labute approximate surface area is 70.3 Å². The molecule has 11 heavy (non-hydrogen) atoms. The van der Waals surface area contributed by atoms with Gasteiger partial charge in [-0.2, -0.15) is 0 Å². The maximum Gasteiger partial charge on any atom is -0.00284 e. The zero-order chi connectivity index (χ0) is 8.85. The summed E-state index contributed by atoms with van der Waals surface area (Å²) < 4.78 is 0. The molecule has 0 rings (SSSR count). The van der Waals surface area contributed by atoms with Crippen molar-refractivity contribution in [1.82, 2.24) is 0 Å². The summed E-state index contributed by atoms with van der Waals surface area (Å²) in [6.45, 7) is 15.6. The highest BCUT2D eigenvalue weighted by atomic mass is 14.1. The smallest absolute Gasteiger partial charge is 0.00284 e. The zero-order valence-corrected chi connectivity index (χ0v) is 7.69. The Bertz CT molecular complexity index is 163. The first-order valence-electron chi connectivity index (χ1n) is 4.00. The largest absolute Gasteiger partial charge is 0.102 e. The second-order valence-electron chi connectivity index (χ2n) is 3.18. The van der Waals surface area contributed by atoms with Crippen molar-refractivity contribution in [3.8, 4) is 0 Å². The van der Waals surface area contributed by atoms with Crippen LogP contribution in [-0.2, 0) is 0 Å². The Hall–Kier alpha value is -0.780. The highest BCUT2D eigenvalue weighted by Crippen LogP contribution is 2.18. The van der Waals surface area contributed by atoms with Crippen molar-refractivity contribution in [2.45, 2.75) is 26.7 Å². The Morgan fingerprint density at radius 3 is 2.18 bits per heavy atom. The molecule has 0 spiro atoms. The third-order valence-corrected chi connectivity index (χ3v) is 1.80. The van der Waals surface area contributed by atoms with Crippen LogP contribution in [0.15, 0.2) is 37.0 Å². The van der Waals surface area contributed by atoms with Crippen molar-refractivity contribution in [3.63, 3.8) is 0 Å². The molecule has 0 saturated carbocycles. The predicted molar refractivity (Wildman–Crippen MR) is 52.5 cm³/mol. The van der Waals surface area contributed by atoms with Gasteiger partial charge in [-0.05, 0) is 32.6 Å². The highest BCUT2D eigenvalue weighted by Gasteiger charge is 2.03. The number of rotatable bonds is 5. The Kier molecular flexibility index (Phi) is 4.60. The van der Waals surface area contributed by atoms with Crippen molar-refractivity contribution >= 4 is 0 Å². The summed E-state index contributed by atoms with van der Waals surface area (Å²) in [4.78, 5) is 0. The minimum Gasteiger partial charge on any atom is -0.102 e. The van der Waals surface area contributed by atoms with Gasteiger partial charge in [0.2, 0.25) is 0 Å². The average Bonchev–Trinajstić information content (AvgIpc) is 1.87. The van der Waals surface area contributed by atoms with Crippen LogP contribution in [-0.4, -0.2) is 0 Å². The lowest BCUT2D eigenvalue weighted by Crippen LogP contribution is -1.96. The van der Waals surface area contributed by atoms with E-state index >= 15 is 0 Å². The molecule has 0 aliphatic carbocycles. The van der Waals surface area contributed by atoms with Crippen molar-refractivity contribution < 1.29 is 0 Å². The van der Waals surface area contributed by atoms with Gasteiger partial charge >= 0.3 is 0 Å². The van der Waals surface area contributed by atoms with Crippen LogP contribution in [0.1, 0.15) is 26.7 Å². The average molecular weight is 150 g/mol. The molecule has 0 N–H and O–H groups in total. The van der Waals surface area contributed by atoms with Gasteiger partial charge in [0.05, 0.1) is 0 Å². The molecule has 62 valence electrons. The normalized spacial score (nSPS) is 12.2. The minimum absolute atomic E-state index is 0.465. The van der Waals surface area contributed by atoms with Gasteiger partial charge in [0.15, 0.2) is 0 Å². The van der Waals surface area contributed by atoms with Crippen molar-refractivity contribution in [2.24, 2.45) is 5.92 Å². The molecule has 0 amide bonds. The van der Waals surface area contributed by atoms with E-state index in [4.69, 9.17) is 0 Å². The molecule has 0 heterocycles. The molecular weight excluding hydrogens is 132 g/mol.